The van der Waals surface area contributed by atoms with Crippen molar-refractivity contribution in [2.75, 3.05) is 5.32 Å². The summed E-state index contributed by atoms with van der Waals surface area (Å²) in [5, 5.41) is 12.2. The Morgan fingerprint density at radius 1 is 1.12 bits per heavy atom. The molecule has 0 amide bonds. The predicted octanol–water partition coefficient (Wildman–Crippen LogP) is 2.70. The van der Waals surface area contributed by atoms with Crippen LogP contribution in [0.5, 0.6) is 0 Å². The van der Waals surface area contributed by atoms with E-state index < -0.39 is 10.0 Å². The molecule has 0 fully saturated rings. The molecule has 0 aliphatic carbocycles. The maximum Gasteiger partial charge on any atom is 0.216 e. The summed E-state index contributed by atoms with van der Waals surface area (Å²) < 4.78 is 26.4. The minimum Gasteiger partial charge on any atom is -0.366 e. The summed E-state index contributed by atoms with van der Waals surface area (Å²) in [5.74, 6) is 0.596. The molecule has 0 unspecified atom stereocenters. The van der Waals surface area contributed by atoms with Crippen LogP contribution in [0.1, 0.15) is 36.2 Å². The SMILES string of the molecule is Cc1ccc(NCc2ccc(CS(=O)(=O)NC(C)C)cc2)nc1C#N. The summed E-state index contributed by atoms with van der Waals surface area (Å²) in [6.45, 7) is 5.97. The van der Waals surface area contributed by atoms with Gasteiger partial charge >= 0.3 is 0 Å². The van der Waals surface area contributed by atoms with Gasteiger partial charge in [-0.1, -0.05) is 30.3 Å². The largest absolute Gasteiger partial charge is 0.366 e. The number of nitrogens with one attached hydrogen (secondary N) is 2. The molecule has 0 saturated heterocycles. The van der Waals surface area contributed by atoms with Crippen LogP contribution in [0.25, 0.3) is 0 Å². The number of anilines is 1. The Kier molecular flexibility index (Phi) is 6.12. The van der Waals surface area contributed by atoms with E-state index in [2.05, 4.69) is 21.1 Å². The molecule has 0 radical (unpaired) electrons. The lowest BCUT2D eigenvalue weighted by Crippen LogP contribution is -2.31. The van der Waals surface area contributed by atoms with Crippen LogP contribution in [0.2, 0.25) is 0 Å². The number of hydrogen-bond donors (Lipinski definition) is 2. The smallest absolute Gasteiger partial charge is 0.216 e. The molecule has 25 heavy (non-hydrogen) atoms. The van der Waals surface area contributed by atoms with E-state index in [1.807, 2.05) is 31.2 Å². The van der Waals surface area contributed by atoms with E-state index in [1.54, 1.807) is 26.0 Å². The van der Waals surface area contributed by atoms with E-state index in [-0.39, 0.29) is 11.8 Å². The van der Waals surface area contributed by atoms with Gasteiger partial charge in [0.05, 0.1) is 5.75 Å². The molecule has 6 nitrogen and oxygen atoms in total. The topological polar surface area (TPSA) is 94.9 Å². The molecular weight excluding hydrogens is 336 g/mol. The summed E-state index contributed by atoms with van der Waals surface area (Å²) in [6.07, 6.45) is 0. The lowest BCUT2D eigenvalue weighted by Gasteiger charge is -2.10. The fourth-order valence-corrected chi connectivity index (χ4v) is 3.74. The van der Waals surface area contributed by atoms with E-state index in [4.69, 9.17) is 5.26 Å². The van der Waals surface area contributed by atoms with Crippen LogP contribution in [0, 0.1) is 18.3 Å². The summed E-state index contributed by atoms with van der Waals surface area (Å²) in [6, 6.07) is 13.0. The van der Waals surface area contributed by atoms with Crippen molar-refractivity contribution in [3.63, 3.8) is 0 Å². The van der Waals surface area contributed by atoms with Gasteiger partial charge in [0.1, 0.15) is 17.6 Å². The van der Waals surface area contributed by atoms with E-state index in [0.29, 0.717) is 18.1 Å². The van der Waals surface area contributed by atoms with Gasteiger partial charge in [-0.15, -0.1) is 0 Å². The molecule has 0 bridgehead atoms. The first-order chi connectivity index (χ1) is 11.8. The number of pyridine rings is 1. The van der Waals surface area contributed by atoms with Crippen molar-refractivity contribution in [3.05, 3.63) is 58.8 Å². The van der Waals surface area contributed by atoms with Crippen LogP contribution >= 0.6 is 0 Å². The molecule has 1 aromatic carbocycles. The average Bonchev–Trinajstić information content (AvgIpc) is 2.53. The lowest BCUT2D eigenvalue weighted by atomic mass is 10.1. The highest BCUT2D eigenvalue weighted by molar-refractivity contribution is 7.88. The standard InChI is InChI=1S/C18H22N4O2S/c1-13(2)22-25(23,24)12-16-7-5-15(6-8-16)11-20-18-9-4-14(3)17(10-19)21-18/h4-9,13,22H,11-12H2,1-3H3,(H,20,21). The Morgan fingerprint density at radius 2 is 1.76 bits per heavy atom. The van der Waals surface area contributed by atoms with E-state index in [0.717, 1.165) is 16.7 Å². The average molecular weight is 358 g/mol. The van der Waals surface area contributed by atoms with Crippen molar-refractivity contribution in [1.82, 2.24) is 9.71 Å². The Balaban J connectivity index is 1.98. The molecule has 2 N–H and O–H groups in total. The maximum atomic E-state index is 11.9. The number of rotatable bonds is 7. The van der Waals surface area contributed by atoms with Crippen molar-refractivity contribution < 1.29 is 8.42 Å². The molecule has 7 heteroatoms. The van der Waals surface area contributed by atoms with Crippen LogP contribution in [-0.4, -0.2) is 19.4 Å². The molecule has 1 heterocycles. The molecule has 2 rings (SSSR count). The van der Waals surface area contributed by atoms with Crippen molar-refractivity contribution in [2.45, 2.75) is 39.1 Å². The van der Waals surface area contributed by atoms with Crippen LogP contribution in [0.4, 0.5) is 5.82 Å². The van der Waals surface area contributed by atoms with Crippen molar-refractivity contribution >= 4 is 15.8 Å². The zero-order chi connectivity index (χ0) is 18.4. The Labute approximate surface area is 149 Å². The minimum absolute atomic E-state index is 0.0378. The lowest BCUT2D eigenvalue weighted by molar-refractivity contribution is 0.569. The molecule has 0 aliphatic rings. The second kappa shape index (κ2) is 8.10. The summed E-state index contributed by atoms with van der Waals surface area (Å²) >= 11 is 0. The van der Waals surface area contributed by atoms with E-state index in [9.17, 15) is 8.42 Å². The molecule has 132 valence electrons. The maximum absolute atomic E-state index is 11.9. The summed E-state index contributed by atoms with van der Waals surface area (Å²) in [5.41, 5.74) is 2.98. The van der Waals surface area contributed by atoms with Crippen LogP contribution in [-0.2, 0) is 22.3 Å². The third-order valence-corrected chi connectivity index (χ3v) is 5.02. The van der Waals surface area contributed by atoms with Crippen molar-refractivity contribution in [1.29, 1.82) is 5.26 Å². The van der Waals surface area contributed by atoms with Gasteiger partial charge in [-0.2, -0.15) is 5.26 Å². The zero-order valence-electron chi connectivity index (χ0n) is 14.6. The van der Waals surface area contributed by atoms with Crippen molar-refractivity contribution in [2.24, 2.45) is 0 Å². The second-order valence-electron chi connectivity index (χ2n) is 6.18. The first kappa shape index (κ1) is 18.9. The van der Waals surface area contributed by atoms with Crippen LogP contribution in [0.15, 0.2) is 36.4 Å². The normalized spacial score (nSPS) is 11.3. The highest BCUT2D eigenvalue weighted by Crippen LogP contribution is 2.12. The number of nitrogens with zero attached hydrogens (tertiary/aromatic N) is 2. The second-order valence-corrected chi connectivity index (χ2v) is 7.93. The van der Waals surface area contributed by atoms with Crippen LogP contribution in [0.3, 0.4) is 0 Å². The zero-order valence-corrected chi connectivity index (χ0v) is 15.4. The Bertz CT molecular complexity index is 869. The third kappa shape index (κ3) is 5.85. The number of sulfonamides is 1. The highest BCUT2D eigenvalue weighted by Gasteiger charge is 2.12. The fourth-order valence-electron chi connectivity index (χ4n) is 2.31. The van der Waals surface area contributed by atoms with Crippen molar-refractivity contribution in [3.8, 4) is 6.07 Å². The highest BCUT2D eigenvalue weighted by atomic mass is 32.2. The number of aryl methyl sites for hydroxylation is 1. The van der Waals surface area contributed by atoms with Gasteiger partial charge in [0, 0.05) is 12.6 Å². The molecule has 0 saturated carbocycles. The van der Waals surface area contributed by atoms with Gasteiger partial charge in [0.15, 0.2) is 0 Å². The first-order valence-corrected chi connectivity index (χ1v) is 9.64. The third-order valence-electron chi connectivity index (χ3n) is 3.47. The van der Waals surface area contributed by atoms with E-state index in [1.165, 1.54) is 0 Å². The van der Waals surface area contributed by atoms with E-state index >= 15 is 0 Å². The van der Waals surface area contributed by atoms with Gasteiger partial charge in [0.25, 0.3) is 0 Å². The first-order valence-electron chi connectivity index (χ1n) is 7.98. The Morgan fingerprint density at radius 3 is 2.36 bits per heavy atom. The molecular formula is C18H22N4O2S. The summed E-state index contributed by atoms with van der Waals surface area (Å²) in [4.78, 5) is 4.24. The summed E-state index contributed by atoms with van der Waals surface area (Å²) in [7, 11) is -3.32. The Hall–Kier alpha value is -2.43. The van der Waals surface area contributed by atoms with Gasteiger partial charge in [-0.3, -0.25) is 0 Å². The molecule has 0 aliphatic heterocycles. The van der Waals surface area contributed by atoms with Gasteiger partial charge < -0.3 is 5.32 Å². The minimum atomic E-state index is -3.32. The molecule has 0 spiro atoms. The van der Waals surface area contributed by atoms with Gasteiger partial charge in [-0.25, -0.2) is 18.1 Å². The monoisotopic (exact) mass is 358 g/mol. The van der Waals surface area contributed by atoms with Gasteiger partial charge in [0.2, 0.25) is 10.0 Å². The number of nitriles is 1. The van der Waals surface area contributed by atoms with Crippen LogP contribution < -0.4 is 10.0 Å². The van der Waals surface area contributed by atoms with Gasteiger partial charge in [-0.05, 0) is 43.5 Å². The number of benzene rings is 1. The number of hydrogen-bond acceptors (Lipinski definition) is 5. The number of aromatic nitrogens is 1. The predicted molar refractivity (Wildman–Crippen MR) is 98.4 cm³/mol. The molecule has 2 aromatic rings. The fraction of sp³-hybridized carbons (Fsp3) is 0.333. The molecule has 1 aromatic heterocycles. The quantitative estimate of drug-likeness (QED) is 0.793. The molecule has 0 atom stereocenters.